The highest BCUT2D eigenvalue weighted by Gasteiger charge is 2.54. The second-order valence-corrected chi connectivity index (χ2v) is 4.93. The van der Waals surface area contributed by atoms with Gasteiger partial charge in [-0.1, -0.05) is 13.8 Å². The quantitative estimate of drug-likeness (QED) is 0.763. The highest BCUT2D eigenvalue weighted by atomic mass is 16.4. The summed E-state index contributed by atoms with van der Waals surface area (Å²) in [5.74, 6) is -0.857. The van der Waals surface area contributed by atoms with Gasteiger partial charge in [-0.05, 0) is 32.7 Å². The third-order valence-electron chi connectivity index (χ3n) is 4.32. The minimum absolute atomic E-state index is 0.485. The van der Waals surface area contributed by atoms with Crippen LogP contribution in [0, 0.1) is 5.41 Å². The molecule has 94 valence electrons. The fourth-order valence-electron chi connectivity index (χ4n) is 2.88. The Bertz CT molecular complexity index is 253. The normalized spacial score (nSPS) is 22.0. The van der Waals surface area contributed by atoms with Gasteiger partial charge < -0.3 is 15.1 Å². The number of hydrogen-bond donors (Lipinski definition) is 2. The van der Waals surface area contributed by atoms with Gasteiger partial charge in [0.05, 0.1) is 11.0 Å². The zero-order chi connectivity index (χ0) is 12.4. The molecule has 1 aliphatic heterocycles. The van der Waals surface area contributed by atoms with Crippen LogP contribution < -0.4 is 0 Å². The largest absolute Gasteiger partial charge is 0.481 e. The molecule has 0 bridgehead atoms. The molecule has 2 N–H and O–H groups in total. The molecule has 0 amide bonds. The van der Waals surface area contributed by atoms with Gasteiger partial charge in [-0.15, -0.1) is 0 Å². The molecule has 0 aliphatic carbocycles. The molecular formula is C12H23NO3. The van der Waals surface area contributed by atoms with Crippen LogP contribution in [0.4, 0.5) is 0 Å². The van der Waals surface area contributed by atoms with Crippen LogP contribution in [-0.2, 0) is 4.79 Å². The van der Waals surface area contributed by atoms with Crippen molar-refractivity contribution in [3.05, 3.63) is 0 Å². The molecule has 1 rings (SSSR count). The van der Waals surface area contributed by atoms with Gasteiger partial charge in [-0.3, -0.25) is 4.79 Å². The van der Waals surface area contributed by atoms with E-state index in [9.17, 15) is 15.0 Å². The number of aliphatic carboxylic acids is 1. The maximum atomic E-state index is 11.5. The van der Waals surface area contributed by atoms with Gasteiger partial charge in [0.25, 0.3) is 0 Å². The Morgan fingerprint density at radius 1 is 1.31 bits per heavy atom. The Morgan fingerprint density at radius 2 is 1.75 bits per heavy atom. The van der Waals surface area contributed by atoms with E-state index in [0.29, 0.717) is 25.7 Å². The van der Waals surface area contributed by atoms with Crippen molar-refractivity contribution in [2.45, 2.75) is 45.1 Å². The highest BCUT2D eigenvalue weighted by molar-refractivity contribution is 5.76. The third kappa shape index (κ3) is 1.96. The van der Waals surface area contributed by atoms with Crippen molar-refractivity contribution in [3.63, 3.8) is 0 Å². The molecule has 4 nitrogen and oxygen atoms in total. The summed E-state index contributed by atoms with van der Waals surface area (Å²) in [4.78, 5) is 13.6. The number of likely N-dealkylation sites (tertiary alicyclic amines) is 1. The van der Waals surface area contributed by atoms with E-state index in [0.717, 1.165) is 13.1 Å². The van der Waals surface area contributed by atoms with Crippen LogP contribution in [0.25, 0.3) is 0 Å². The number of carboxylic acids is 1. The first kappa shape index (κ1) is 13.5. The average Bonchev–Trinajstić information content (AvgIpc) is 2.25. The maximum absolute atomic E-state index is 11.5. The number of rotatable bonds is 4. The van der Waals surface area contributed by atoms with Gasteiger partial charge in [0.15, 0.2) is 0 Å². The molecule has 0 radical (unpaired) electrons. The maximum Gasteiger partial charge on any atom is 0.312 e. The zero-order valence-electron chi connectivity index (χ0n) is 10.5. The van der Waals surface area contributed by atoms with Gasteiger partial charge in [0, 0.05) is 13.1 Å². The lowest BCUT2D eigenvalue weighted by molar-refractivity contribution is -0.178. The van der Waals surface area contributed by atoms with E-state index in [4.69, 9.17) is 0 Å². The molecule has 0 aromatic rings. The van der Waals surface area contributed by atoms with Crippen LogP contribution >= 0.6 is 0 Å². The molecule has 1 heterocycles. The van der Waals surface area contributed by atoms with Crippen LogP contribution in [0.1, 0.15) is 39.5 Å². The van der Waals surface area contributed by atoms with E-state index >= 15 is 0 Å². The van der Waals surface area contributed by atoms with E-state index in [1.54, 1.807) is 0 Å². The molecule has 1 fully saturated rings. The summed E-state index contributed by atoms with van der Waals surface area (Å²) >= 11 is 0. The lowest BCUT2D eigenvalue weighted by Crippen LogP contribution is -2.57. The predicted molar refractivity (Wildman–Crippen MR) is 62.3 cm³/mol. The van der Waals surface area contributed by atoms with Crippen molar-refractivity contribution >= 4 is 5.97 Å². The second-order valence-electron chi connectivity index (χ2n) is 4.93. The summed E-state index contributed by atoms with van der Waals surface area (Å²) in [5.41, 5.74) is -2.02. The first-order valence-corrected chi connectivity index (χ1v) is 6.06. The van der Waals surface area contributed by atoms with Crippen LogP contribution in [-0.4, -0.2) is 46.8 Å². The molecular weight excluding hydrogens is 206 g/mol. The summed E-state index contributed by atoms with van der Waals surface area (Å²) in [6, 6.07) is 0. The van der Waals surface area contributed by atoms with Crippen molar-refractivity contribution in [2.24, 2.45) is 5.41 Å². The Morgan fingerprint density at radius 3 is 2.06 bits per heavy atom. The predicted octanol–water partition coefficient (Wildman–Crippen LogP) is 1.33. The Kier molecular flexibility index (Phi) is 3.97. The standard InChI is InChI=1S/C12H23NO3/c1-4-11(5-2,10(14)15)12(16)6-8-13(3)9-7-12/h16H,4-9H2,1-3H3,(H,14,15). The third-order valence-corrected chi connectivity index (χ3v) is 4.32. The SMILES string of the molecule is CCC(CC)(C(=O)O)C1(O)CCN(C)CC1. The number of piperidine rings is 1. The topological polar surface area (TPSA) is 60.8 Å². The molecule has 0 atom stereocenters. The van der Waals surface area contributed by atoms with E-state index in [1.165, 1.54) is 0 Å². The van der Waals surface area contributed by atoms with Gasteiger partial charge in [0.2, 0.25) is 0 Å². The van der Waals surface area contributed by atoms with E-state index < -0.39 is 17.0 Å². The van der Waals surface area contributed by atoms with Gasteiger partial charge in [-0.25, -0.2) is 0 Å². The minimum atomic E-state index is -1.05. The van der Waals surface area contributed by atoms with E-state index in [-0.39, 0.29) is 0 Å². The summed E-state index contributed by atoms with van der Waals surface area (Å²) in [6.07, 6.45) is 2.08. The number of carboxylic acid groups (broad SMARTS) is 1. The molecule has 0 unspecified atom stereocenters. The molecule has 1 aliphatic rings. The average molecular weight is 229 g/mol. The lowest BCUT2D eigenvalue weighted by Gasteiger charge is -2.47. The summed E-state index contributed by atoms with van der Waals surface area (Å²) in [7, 11) is 2.00. The number of nitrogens with zero attached hydrogens (tertiary/aromatic N) is 1. The molecule has 4 heteroatoms. The van der Waals surface area contributed by atoms with Crippen molar-refractivity contribution in [2.75, 3.05) is 20.1 Å². The summed E-state index contributed by atoms with van der Waals surface area (Å²) in [5, 5.41) is 20.1. The van der Waals surface area contributed by atoms with Crippen LogP contribution in [0.2, 0.25) is 0 Å². The van der Waals surface area contributed by atoms with Crippen LogP contribution in [0.15, 0.2) is 0 Å². The Hall–Kier alpha value is -0.610. The summed E-state index contributed by atoms with van der Waals surface area (Å²) < 4.78 is 0. The number of aliphatic hydroxyl groups is 1. The van der Waals surface area contributed by atoms with Crippen molar-refractivity contribution < 1.29 is 15.0 Å². The van der Waals surface area contributed by atoms with Gasteiger partial charge in [-0.2, -0.15) is 0 Å². The van der Waals surface area contributed by atoms with Crippen LogP contribution in [0.5, 0.6) is 0 Å². The van der Waals surface area contributed by atoms with Crippen molar-refractivity contribution in [1.29, 1.82) is 0 Å². The molecule has 0 aromatic carbocycles. The molecule has 16 heavy (non-hydrogen) atoms. The first-order valence-electron chi connectivity index (χ1n) is 6.06. The number of carbonyl (C=O) groups is 1. The lowest BCUT2D eigenvalue weighted by atomic mass is 9.64. The Balaban J connectivity index is 2.97. The van der Waals surface area contributed by atoms with E-state index in [1.807, 2.05) is 20.9 Å². The van der Waals surface area contributed by atoms with Gasteiger partial charge >= 0.3 is 5.97 Å². The molecule has 0 aromatic heterocycles. The molecule has 1 saturated heterocycles. The smallest absolute Gasteiger partial charge is 0.312 e. The fourth-order valence-corrected chi connectivity index (χ4v) is 2.88. The molecule has 0 spiro atoms. The van der Waals surface area contributed by atoms with Crippen molar-refractivity contribution in [1.82, 2.24) is 4.90 Å². The summed E-state index contributed by atoms with van der Waals surface area (Å²) in [6.45, 7) is 5.25. The van der Waals surface area contributed by atoms with Crippen molar-refractivity contribution in [3.8, 4) is 0 Å². The first-order chi connectivity index (χ1) is 7.42. The van der Waals surface area contributed by atoms with Gasteiger partial charge in [0.1, 0.15) is 0 Å². The highest BCUT2D eigenvalue weighted by Crippen LogP contribution is 2.44. The van der Waals surface area contributed by atoms with Crippen LogP contribution in [0.3, 0.4) is 0 Å². The minimum Gasteiger partial charge on any atom is -0.481 e. The Labute approximate surface area is 97.3 Å². The number of hydrogen-bond acceptors (Lipinski definition) is 3. The molecule has 0 saturated carbocycles. The monoisotopic (exact) mass is 229 g/mol. The van der Waals surface area contributed by atoms with E-state index in [2.05, 4.69) is 4.90 Å². The fraction of sp³-hybridized carbons (Fsp3) is 0.917. The zero-order valence-corrected chi connectivity index (χ0v) is 10.5. The second kappa shape index (κ2) is 4.72.